The average Bonchev–Trinajstić information content (AvgIpc) is 2.81. The van der Waals surface area contributed by atoms with E-state index in [1.807, 2.05) is 6.92 Å². The van der Waals surface area contributed by atoms with E-state index in [0.29, 0.717) is 48.1 Å². The molecule has 3 aromatic carbocycles. The zero-order valence-corrected chi connectivity index (χ0v) is 18.1. The maximum Gasteiger partial charge on any atom is 0.259 e. The molecule has 0 aliphatic rings. The first-order valence-corrected chi connectivity index (χ1v) is 10.3. The summed E-state index contributed by atoms with van der Waals surface area (Å²) in [6.07, 6.45) is 0. The number of hydrogen-bond donors (Lipinski definition) is 2. The maximum absolute atomic E-state index is 12.9. The summed E-state index contributed by atoms with van der Waals surface area (Å²) in [5.74, 6) is 0.456. The number of rotatable bonds is 10. The summed E-state index contributed by atoms with van der Waals surface area (Å²) < 4.78 is 16.1. The quantitative estimate of drug-likeness (QED) is 0.455. The number of benzene rings is 3. The van der Waals surface area contributed by atoms with Gasteiger partial charge in [0.1, 0.15) is 18.1 Å². The average molecular weight is 434 g/mol. The van der Waals surface area contributed by atoms with Gasteiger partial charge in [-0.2, -0.15) is 0 Å². The minimum absolute atomic E-state index is 0.321. The topological polar surface area (TPSA) is 85.9 Å². The Hall–Kier alpha value is -3.84. The Morgan fingerprint density at radius 3 is 2.12 bits per heavy atom. The first-order chi connectivity index (χ1) is 15.6. The Kier molecular flexibility index (Phi) is 8.22. The van der Waals surface area contributed by atoms with E-state index in [1.54, 1.807) is 79.9 Å². The molecule has 2 N–H and O–H groups in total. The van der Waals surface area contributed by atoms with Gasteiger partial charge in [0.05, 0.1) is 30.0 Å². The predicted octanol–water partition coefficient (Wildman–Crippen LogP) is 4.62. The molecule has 3 rings (SSSR count). The van der Waals surface area contributed by atoms with Crippen LogP contribution in [0.4, 0.5) is 11.4 Å². The van der Waals surface area contributed by atoms with Crippen LogP contribution in [-0.2, 0) is 4.74 Å². The Balaban J connectivity index is 1.74. The molecular formula is C25H26N2O5. The van der Waals surface area contributed by atoms with Gasteiger partial charge >= 0.3 is 0 Å². The molecule has 0 radical (unpaired) electrons. The van der Waals surface area contributed by atoms with Crippen LogP contribution in [0.3, 0.4) is 0 Å². The molecule has 166 valence electrons. The fraction of sp³-hybridized carbons (Fsp3) is 0.200. The second-order valence-electron chi connectivity index (χ2n) is 6.75. The summed E-state index contributed by atoms with van der Waals surface area (Å²) >= 11 is 0. The largest absolute Gasteiger partial charge is 0.494 e. The Bertz CT molecular complexity index is 1050. The van der Waals surface area contributed by atoms with Gasteiger partial charge < -0.3 is 24.8 Å². The van der Waals surface area contributed by atoms with E-state index >= 15 is 0 Å². The molecule has 2 amide bonds. The fourth-order valence-corrected chi connectivity index (χ4v) is 2.99. The van der Waals surface area contributed by atoms with Crippen LogP contribution >= 0.6 is 0 Å². The summed E-state index contributed by atoms with van der Waals surface area (Å²) in [4.78, 5) is 25.8. The fourth-order valence-electron chi connectivity index (χ4n) is 2.99. The summed E-state index contributed by atoms with van der Waals surface area (Å²) in [7, 11) is 1.58. The number of hydrogen-bond acceptors (Lipinski definition) is 5. The number of ether oxygens (including phenoxy) is 3. The van der Waals surface area contributed by atoms with Gasteiger partial charge in [0.25, 0.3) is 11.8 Å². The van der Waals surface area contributed by atoms with Crippen LogP contribution in [0.1, 0.15) is 27.6 Å². The number of amides is 2. The van der Waals surface area contributed by atoms with E-state index in [9.17, 15) is 9.59 Å². The van der Waals surface area contributed by atoms with Crippen molar-refractivity contribution in [1.82, 2.24) is 0 Å². The molecule has 0 aliphatic carbocycles. The Morgan fingerprint density at radius 1 is 0.750 bits per heavy atom. The number of carbonyl (C=O) groups excluding carboxylic acids is 2. The second-order valence-corrected chi connectivity index (χ2v) is 6.75. The molecule has 0 saturated heterocycles. The SMILES string of the molecule is CCOc1ccc(NC(=O)c2ccccc2NC(=O)c2ccccc2OCCOC)cc1. The number of para-hydroxylation sites is 2. The van der Waals surface area contributed by atoms with E-state index in [4.69, 9.17) is 14.2 Å². The summed E-state index contributed by atoms with van der Waals surface area (Å²) in [5, 5.41) is 5.66. The highest BCUT2D eigenvalue weighted by Gasteiger charge is 2.17. The van der Waals surface area contributed by atoms with E-state index in [2.05, 4.69) is 10.6 Å². The number of anilines is 2. The summed E-state index contributed by atoms with van der Waals surface area (Å²) in [6.45, 7) is 3.21. The van der Waals surface area contributed by atoms with Crippen molar-refractivity contribution in [3.63, 3.8) is 0 Å². The lowest BCUT2D eigenvalue weighted by Gasteiger charge is -2.14. The van der Waals surface area contributed by atoms with Gasteiger partial charge in [0.2, 0.25) is 0 Å². The van der Waals surface area contributed by atoms with Gasteiger partial charge in [-0.05, 0) is 55.5 Å². The van der Waals surface area contributed by atoms with E-state index < -0.39 is 0 Å². The second kappa shape index (κ2) is 11.5. The van der Waals surface area contributed by atoms with E-state index in [-0.39, 0.29) is 11.8 Å². The van der Waals surface area contributed by atoms with Crippen LogP contribution in [0.25, 0.3) is 0 Å². The van der Waals surface area contributed by atoms with Gasteiger partial charge in [-0.1, -0.05) is 24.3 Å². The van der Waals surface area contributed by atoms with Crippen molar-refractivity contribution in [2.75, 3.05) is 37.6 Å². The lowest BCUT2D eigenvalue weighted by Crippen LogP contribution is -2.19. The minimum Gasteiger partial charge on any atom is -0.494 e. The summed E-state index contributed by atoms with van der Waals surface area (Å²) in [6, 6.07) is 20.8. The third-order valence-electron chi connectivity index (χ3n) is 4.52. The van der Waals surface area contributed by atoms with Crippen molar-refractivity contribution in [3.05, 3.63) is 83.9 Å². The molecule has 0 fully saturated rings. The normalized spacial score (nSPS) is 10.3. The molecule has 0 aromatic heterocycles. The van der Waals surface area contributed by atoms with Crippen molar-refractivity contribution in [3.8, 4) is 11.5 Å². The minimum atomic E-state index is -0.376. The highest BCUT2D eigenvalue weighted by atomic mass is 16.5. The number of carbonyl (C=O) groups is 2. The van der Waals surface area contributed by atoms with Gasteiger partial charge in [0, 0.05) is 12.8 Å². The molecule has 0 atom stereocenters. The van der Waals surface area contributed by atoms with Gasteiger partial charge in [-0.15, -0.1) is 0 Å². The molecule has 32 heavy (non-hydrogen) atoms. The standard InChI is InChI=1S/C25H26N2O5/c1-3-31-19-14-12-18(13-15-19)26-24(28)20-8-4-6-10-22(20)27-25(29)21-9-5-7-11-23(21)32-17-16-30-2/h4-15H,3,16-17H2,1-2H3,(H,26,28)(H,27,29). The zero-order valence-electron chi connectivity index (χ0n) is 18.1. The third-order valence-corrected chi connectivity index (χ3v) is 4.52. The smallest absolute Gasteiger partial charge is 0.259 e. The molecule has 7 nitrogen and oxygen atoms in total. The Labute approximate surface area is 187 Å². The van der Waals surface area contributed by atoms with Crippen LogP contribution in [0, 0.1) is 0 Å². The van der Waals surface area contributed by atoms with Crippen molar-refractivity contribution in [2.45, 2.75) is 6.92 Å². The predicted molar refractivity (Wildman–Crippen MR) is 124 cm³/mol. The number of methoxy groups -OCH3 is 1. The number of nitrogens with one attached hydrogen (secondary N) is 2. The van der Waals surface area contributed by atoms with Crippen LogP contribution in [-0.4, -0.2) is 38.7 Å². The van der Waals surface area contributed by atoms with Crippen LogP contribution in [0.15, 0.2) is 72.8 Å². The highest BCUT2D eigenvalue weighted by molar-refractivity contribution is 6.13. The van der Waals surface area contributed by atoms with Gasteiger partial charge in [-0.3, -0.25) is 9.59 Å². The lowest BCUT2D eigenvalue weighted by atomic mass is 10.1. The van der Waals surface area contributed by atoms with Crippen molar-refractivity contribution in [1.29, 1.82) is 0 Å². The monoisotopic (exact) mass is 434 g/mol. The molecular weight excluding hydrogens is 408 g/mol. The molecule has 0 bridgehead atoms. The molecule has 0 unspecified atom stereocenters. The first-order valence-electron chi connectivity index (χ1n) is 10.3. The molecule has 7 heteroatoms. The maximum atomic E-state index is 12.9. The van der Waals surface area contributed by atoms with Crippen LogP contribution < -0.4 is 20.1 Å². The van der Waals surface area contributed by atoms with Crippen molar-refractivity contribution >= 4 is 23.2 Å². The third kappa shape index (κ3) is 6.09. The van der Waals surface area contributed by atoms with Crippen LogP contribution in [0.5, 0.6) is 11.5 Å². The Morgan fingerprint density at radius 2 is 1.41 bits per heavy atom. The van der Waals surface area contributed by atoms with Crippen molar-refractivity contribution < 1.29 is 23.8 Å². The molecule has 3 aromatic rings. The molecule has 0 spiro atoms. The first kappa shape index (κ1) is 22.8. The van der Waals surface area contributed by atoms with Crippen LogP contribution in [0.2, 0.25) is 0 Å². The van der Waals surface area contributed by atoms with Gasteiger partial charge in [0.15, 0.2) is 0 Å². The highest BCUT2D eigenvalue weighted by Crippen LogP contribution is 2.23. The molecule has 0 heterocycles. The van der Waals surface area contributed by atoms with Crippen molar-refractivity contribution in [2.24, 2.45) is 0 Å². The molecule has 0 aliphatic heterocycles. The van der Waals surface area contributed by atoms with E-state index in [1.165, 1.54) is 0 Å². The van der Waals surface area contributed by atoms with E-state index in [0.717, 1.165) is 5.75 Å². The zero-order chi connectivity index (χ0) is 22.8. The molecule has 0 saturated carbocycles. The van der Waals surface area contributed by atoms with Gasteiger partial charge in [-0.25, -0.2) is 0 Å². The summed E-state index contributed by atoms with van der Waals surface area (Å²) in [5.41, 5.74) is 1.72. The lowest BCUT2D eigenvalue weighted by molar-refractivity contribution is 0.101.